The van der Waals surface area contributed by atoms with Crippen molar-refractivity contribution in [3.05, 3.63) is 32.9 Å². The highest BCUT2D eigenvalue weighted by Gasteiger charge is 2.08. The second kappa shape index (κ2) is 3.47. The molecule has 0 radical (unpaired) electrons. The minimum Gasteiger partial charge on any atom is -0.206 e. The number of rotatable bonds is 1. The molecular formula is C8H7F2I. The van der Waals surface area contributed by atoms with Crippen LogP contribution in [0.5, 0.6) is 0 Å². The van der Waals surface area contributed by atoms with Gasteiger partial charge in [0.2, 0.25) is 0 Å². The molecule has 1 aromatic rings. The van der Waals surface area contributed by atoms with E-state index in [0.29, 0.717) is 12.0 Å². The molecule has 0 N–H and O–H groups in total. The van der Waals surface area contributed by atoms with Gasteiger partial charge in [0, 0.05) is 0 Å². The summed E-state index contributed by atoms with van der Waals surface area (Å²) in [6.45, 7) is 1.84. The van der Waals surface area contributed by atoms with E-state index in [4.69, 9.17) is 0 Å². The Morgan fingerprint density at radius 1 is 1.36 bits per heavy atom. The molecule has 0 aliphatic heterocycles. The number of hydrogen-bond acceptors (Lipinski definition) is 0. The molecule has 0 heterocycles. The second-order valence-corrected chi connectivity index (χ2v) is 3.27. The first-order valence-corrected chi connectivity index (χ1v) is 4.37. The Morgan fingerprint density at radius 2 is 2.00 bits per heavy atom. The molecule has 0 bridgehead atoms. The molecular weight excluding hydrogens is 261 g/mol. The van der Waals surface area contributed by atoms with E-state index in [1.165, 1.54) is 12.1 Å². The molecule has 0 aliphatic carbocycles. The van der Waals surface area contributed by atoms with Crippen molar-refractivity contribution in [1.29, 1.82) is 0 Å². The van der Waals surface area contributed by atoms with Crippen molar-refractivity contribution in [2.45, 2.75) is 13.3 Å². The van der Waals surface area contributed by atoms with Crippen LogP contribution >= 0.6 is 22.6 Å². The minimum atomic E-state index is -0.486. The number of hydrogen-bond donors (Lipinski definition) is 0. The topological polar surface area (TPSA) is 0 Å². The standard InChI is InChI=1S/C8H7F2I/c1-2-5-3-4-6(9)8(11)7(5)10/h3-4H,2H2,1H3. The molecule has 1 rings (SSSR count). The van der Waals surface area contributed by atoms with Crippen LogP contribution < -0.4 is 0 Å². The molecule has 60 valence electrons. The molecule has 0 saturated carbocycles. The maximum absolute atomic E-state index is 13.0. The molecule has 3 heteroatoms. The van der Waals surface area contributed by atoms with Gasteiger partial charge >= 0.3 is 0 Å². The van der Waals surface area contributed by atoms with Crippen LogP contribution in [0.4, 0.5) is 8.78 Å². The summed E-state index contributed by atoms with van der Waals surface area (Å²) < 4.78 is 25.7. The molecule has 0 saturated heterocycles. The Balaban J connectivity index is 3.25. The highest BCUT2D eigenvalue weighted by molar-refractivity contribution is 14.1. The van der Waals surface area contributed by atoms with Gasteiger partial charge in [0.1, 0.15) is 11.6 Å². The fourth-order valence-corrected chi connectivity index (χ4v) is 1.37. The molecule has 0 unspecified atom stereocenters. The van der Waals surface area contributed by atoms with Crippen LogP contribution in [0.25, 0.3) is 0 Å². The zero-order valence-electron chi connectivity index (χ0n) is 6.00. The molecule has 0 amide bonds. The largest absolute Gasteiger partial charge is 0.206 e. The quantitative estimate of drug-likeness (QED) is 0.542. The van der Waals surface area contributed by atoms with E-state index in [1.54, 1.807) is 22.6 Å². The van der Waals surface area contributed by atoms with E-state index in [-0.39, 0.29) is 3.57 Å². The highest BCUT2D eigenvalue weighted by atomic mass is 127. The molecule has 0 aromatic heterocycles. The maximum Gasteiger partial charge on any atom is 0.142 e. The molecule has 0 nitrogen and oxygen atoms in total. The summed E-state index contributed by atoms with van der Waals surface area (Å²) in [6.07, 6.45) is 0.599. The minimum absolute atomic E-state index is 0.0851. The van der Waals surface area contributed by atoms with Crippen molar-refractivity contribution < 1.29 is 8.78 Å². The van der Waals surface area contributed by atoms with Gasteiger partial charge in [0.15, 0.2) is 0 Å². The first-order valence-electron chi connectivity index (χ1n) is 3.29. The lowest BCUT2D eigenvalue weighted by atomic mass is 10.1. The van der Waals surface area contributed by atoms with Gasteiger partial charge in [-0.1, -0.05) is 13.0 Å². The van der Waals surface area contributed by atoms with Crippen LogP contribution in [0.2, 0.25) is 0 Å². The van der Waals surface area contributed by atoms with Crippen LogP contribution in [0.1, 0.15) is 12.5 Å². The Morgan fingerprint density at radius 3 is 2.55 bits per heavy atom. The van der Waals surface area contributed by atoms with Crippen molar-refractivity contribution in [2.24, 2.45) is 0 Å². The Labute approximate surface area is 77.8 Å². The van der Waals surface area contributed by atoms with Crippen molar-refractivity contribution >= 4 is 22.6 Å². The number of benzene rings is 1. The summed E-state index contributed by atoms with van der Waals surface area (Å²) in [5, 5.41) is 0. The van der Waals surface area contributed by atoms with Crippen LogP contribution in [-0.2, 0) is 6.42 Å². The second-order valence-electron chi connectivity index (χ2n) is 2.19. The molecule has 0 spiro atoms. The summed E-state index contributed by atoms with van der Waals surface area (Å²) in [6, 6.07) is 2.77. The van der Waals surface area contributed by atoms with Crippen LogP contribution in [-0.4, -0.2) is 0 Å². The predicted octanol–water partition coefficient (Wildman–Crippen LogP) is 3.13. The molecule has 0 atom stereocenters. The number of halogens is 3. The number of aryl methyl sites for hydroxylation is 1. The average molecular weight is 268 g/mol. The third kappa shape index (κ3) is 1.69. The lowest BCUT2D eigenvalue weighted by Crippen LogP contribution is -1.94. The third-order valence-electron chi connectivity index (χ3n) is 1.50. The molecule has 0 fully saturated rings. The maximum atomic E-state index is 13.0. The van der Waals surface area contributed by atoms with Crippen molar-refractivity contribution in [2.75, 3.05) is 0 Å². The SMILES string of the molecule is CCc1ccc(F)c(I)c1F. The van der Waals surface area contributed by atoms with E-state index < -0.39 is 11.6 Å². The van der Waals surface area contributed by atoms with Gasteiger partial charge in [-0.25, -0.2) is 8.78 Å². The van der Waals surface area contributed by atoms with Crippen LogP contribution in [0.15, 0.2) is 12.1 Å². The average Bonchev–Trinajstić information content (AvgIpc) is 2.01. The van der Waals surface area contributed by atoms with E-state index >= 15 is 0 Å². The first kappa shape index (κ1) is 8.90. The summed E-state index contributed by atoms with van der Waals surface area (Å²) >= 11 is 1.67. The Hall–Kier alpha value is -0.190. The zero-order chi connectivity index (χ0) is 8.43. The van der Waals surface area contributed by atoms with Gasteiger partial charge < -0.3 is 0 Å². The van der Waals surface area contributed by atoms with Crippen molar-refractivity contribution in [3.8, 4) is 0 Å². The lowest BCUT2D eigenvalue weighted by Gasteiger charge is -2.01. The van der Waals surface area contributed by atoms with Crippen molar-refractivity contribution in [1.82, 2.24) is 0 Å². The van der Waals surface area contributed by atoms with E-state index in [0.717, 1.165) is 0 Å². The van der Waals surface area contributed by atoms with Gasteiger partial charge in [0.05, 0.1) is 3.57 Å². The summed E-state index contributed by atoms with van der Waals surface area (Å²) in [5.41, 5.74) is 0.566. The fourth-order valence-electron chi connectivity index (χ4n) is 0.839. The Kier molecular flexibility index (Phi) is 2.81. The van der Waals surface area contributed by atoms with Crippen molar-refractivity contribution in [3.63, 3.8) is 0 Å². The summed E-state index contributed by atoms with van der Waals surface area (Å²) in [4.78, 5) is 0. The van der Waals surface area contributed by atoms with Crippen LogP contribution in [0.3, 0.4) is 0 Å². The smallest absolute Gasteiger partial charge is 0.142 e. The predicted molar refractivity (Wildman–Crippen MR) is 48.5 cm³/mol. The molecule has 0 aliphatic rings. The van der Waals surface area contributed by atoms with Gasteiger partial charge in [0.25, 0.3) is 0 Å². The summed E-state index contributed by atoms with van der Waals surface area (Å²) in [7, 11) is 0. The summed E-state index contributed by atoms with van der Waals surface area (Å²) in [5.74, 6) is -0.909. The monoisotopic (exact) mass is 268 g/mol. The lowest BCUT2D eigenvalue weighted by molar-refractivity contribution is 0.561. The van der Waals surface area contributed by atoms with E-state index in [9.17, 15) is 8.78 Å². The fraction of sp³-hybridized carbons (Fsp3) is 0.250. The van der Waals surface area contributed by atoms with Crippen LogP contribution in [0, 0.1) is 15.2 Å². The molecule has 11 heavy (non-hydrogen) atoms. The van der Waals surface area contributed by atoms with E-state index in [2.05, 4.69) is 0 Å². The molecule has 1 aromatic carbocycles. The first-order chi connectivity index (χ1) is 5.16. The van der Waals surface area contributed by atoms with Gasteiger partial charge in [-0.15, -0.1) is 0 Å². The Bertz CT molecular complexity index is 271. The third-order valence-corrected chi connectivity index (χ3v) is 2.48. The van der Waals surface area contributed by atoms with Gasteiger partial charge in [-0.2, -0.15) is 0 Å². The van der Waals surface area contributed by atoms with Gasteiger partial charge in [-0.3, -0.25) is 0 Å². The highest BCUT2D eigenvalue weighted by Crippen LogP contribution is 2.18. The van der Waals surface area contributed by atoms with Gasteiger partial charge in [-0.05, 0) is 40.6 Å². The normalized spacial score (nSPS) is 10.2. The van der Waals surface area contributed by atoms with E-state index in [1.807, 2.05) is 6.92 Å². The zero-order valence-corrected chi connectivity index (χ0v) is 8.15.